The lowest BCUT2D eigenvalue weighted by molar-refractivity contribution is 0.0327. The van der Waals surface area contributed by atoms with Crippen molar-refractivity contribution in [3.8, 4) is 11.5 Å². The molecule has 3 aromatic heterocycles. The third-order valence-corrected chi connectivity index (χ3v) is 5.88. The summed E-state index contributed by atoms with van der Waals surface area (Å²) in [6.45, 7) is 3.65. The van der Waals surface area contributed by atoms with E-state index < -0.39 is 0 Å². The summed E-state index contributed by atoms with van der Waals surface area (Å²) in [5.41, 5.74) is 3.08. The van der Waals surface area contributed by atoms with Crippen LogP contribution in [0.3, 0.4) is 0 Å². The molecule has 1 aliphatic rings. The second-order valence-corrected chi connectivity index (χ2v) is 8.87. The first-order chi connectivity index (χ1) is 17.5. The van der Waals surface area contributed by atoms with Crippen LogP contribution in [0.2, 0.25) is 0 Å². The van der Waals surface area contributed by atoms with Crippen molar-refractivity contribution in [3.05, 3.63) is 89.6 Å². The highest BCUT2D eigenvalue weighted by Gasteiger charge is 2.23. The third-order valence-electron chi connectivity index (χ3n) is 5.88. The molecule has 182 valence electrons. The van der Waals surface area contributed by atoms with Crippen LogP contribution in [0, 0.1) is 6.92 Å². The van der Waals surface area contributed by atoms with Gasteiger partial charge in [-0.15, -0.1) is 0 Å². The Morgan fingerprint density at radius 1 is 1.03 bits per heavy atom. The van der Waals surface area contributed by atoms with E-state index >= 15 is 0 Å². The summed E-state index contributed by atoms with van der Waals surface area (Å²) in [6.07, 6.45) is 4.67. The summed E-state index contributed by atoms with van der Waals surface area (Å²) in [7, 11) is 2.03. The maximum Gasteiger partial charge on any atom is 0.338 e. The minimum atomic E-state index is -0.295. The Kier molecular flexibility index (Phi) is 6.90. The SMILES string of the molecule is Cc1cccc(-c2nccc(Nc3ccnc(Cc4cccc(C(=O)O[C@H]5CCN(C)C5)c4)n3)n2)n1. The Balaban J connectivity index is 1.27. The molecule has 0 radical (unpaired) electrons. The van der Waals surface area contributed by atoms with Crippen molar-refractivity contribution in [2.24, 2.45) is 0 Å². The molecule has 0 unspecified atom stereocenters. The number of hydrogen-bond acceptors (Lipinski definition) is 9. The lowest BCUT2D eigenvalue weighted by atomic mass is 10.1. The van der Waals surface area contributed by atoms with Crippen LogP contribution in [0.5, 0.6) is 0 Å². The molecular formula is C27H27N7O2. The van der Waals surface area contributed by atoms with Crippen molar-refractivity contribution < 1.29 is 9.53 Å². The molecule has 1 aromatic carbocycles. The minimum Gasteiger partial charge on any atom is -0.457 e. The number of carbonyl (C=O) groups is 1. The number of aromatic nitrogens is 5. The van der Waals surface area contributed by atoms with Crippen LogP contribution < -0.4 is 5.32 Å². The molecule has 0 bridgehead atoms. The fraction of sp³-hybridized carbons (Fsp3) is 0.259. The summed E-state index contributed by atoms with van der Waals surface area (Å²) in [5.74, 6) is 2.08. The highest BCUT2D eigenvalue weighted by molar-refractivity contribution is 5.89. The Labute approximate surface area is 209 Å². The largest absolute Gasteiger partial charge is 0.457 e. The predicted molar refractivity (Wildman–Crippen MR) is 136 cm³/mol. The molecule has 9 nitrogen and oxygen atoms in total. The van der Waals surface area contributed by atoms with Crippen molar-refractivity contribution in [2.75, 3.05) is 25.5 Å². The van der Waals surface area contributed by atoms with E-state index in [1.165, 1.54) is 0 Å². The average molecular weight is 482 g/mol. The molecule has 1 saturated heterocycles. The molecule has 0 saturated carbocycles. The summed E-state index contributed by atoms with van der Waals surface area (Å²) in [5, 5.41) is 3.22. The molecule has 0 spiro atoms. The van der Waals surface area contributed by atoms with E-state index in [1.54, 1.807) is 30.6 Å². The number of anilines is 2. The molecule has 36 heavy (non-hydrogen) atoms. The summed E-state index contributed by atoms with van der Waals surface area (Å²) < 4.78 is 5.67. The van der Waals surface area contributed by atoms with Gasteiger partial charge in [-0.25, -0.2) is 29.7 Å². The van der Waals surface area contributed by atoms with Crippen molar-refractivity contribution in [2.45, 2.75) is 25.9 Å². The maximum absolute atomic E-state index is 12.6. The lowest BCUT2D eigenvalue weighted by Gasteiger charge is -2.12. The number of aryl methyl sites for hydroxylation is 1. The average Bonchev–Trinajstić information content (AvgIpc) is 3.29. The lowest BCUT2D eigenvalue weighted by Crippen LogP contribution is -2.22. The zero-order valence-corrected chi connectivity index (χ0v) is 20.3. The Hall–Kier alpha value is -4.24. The van der Waals surface area contributed by atoms with Crippen molar-refractivity contribution in [1.29, 1.82) is 0 Å². The number of ether oxygens (including phenoxy) is 1. The monoisotopic (exact) mass is 481 g/mol. The van der Waals surface area contributed by atoms with Crippen LogP contribution in [-0.4, -0.2) is 62.0 Å². The third kappa shape index (κ3) is 5.87. The first-order valence-corrected chi connectivity index (χ1v) is 11.9. The zero-order chi connectivity index (χ0) is 24.9. The van der Waals surface area contributed by atoms with Crippen LogP contribution >= 0.6 is 0 Å². The molecule has 5 rings (SSSR count). The first-order valence-electron chi connectivity index (χ1n) is 11.9. The second-order valence-electron chi connectivity index (χ2n) is 8.87. The number of likely N-dealkylation sites (tertiary alicyclic amines) is 1. The van der Waals surface area contributed by atoms with Gasteiger partial charge in [-0.05, 0) is 62.4 Å². The molecule has 4 heterocycles. The number of esters is 1. The van der Waals surface area contributed by atoms with Gasteiger partial charge in [0, 0.05) is 37.6 Å². The van der Waals surface area contributed by atoms with E-state index in [4.69, 9.17) is 4.74 Å². The number of hydrogen-bond donors (Lipinski definition) is 1. The number of carbonyl (C=O) groups excluding carboxylic acids is 1. The van der Waals surface area contributed by atoms with Crippen molar-refractivity contribution in [1.82, 2.24) is 29.8 Å². The number of nitrogens with zero attached hydrogens (tertiary/aromatic N) is 6. The van der Waals surface area contributed by atoms with Gasteiger partial charge in [0.1, 0.15) is 29.3 Å². The zero-order valence-electron chi connectivity index (χ0n) is 20.3. The molecular weight excluding hydrogens is 454 g/mol. The molecule has 4 aromatic rings. The van der Waals surface area contributed by atoms with Gasteiger partial charge in [0.2, 0.25) is 0 Å². The van der Waals surface area contributed by atoms with E-state index in [2.05, 4.69) is 35.1 Å². The second kappa shape index (κ2) is 10.6. The molecule has 1 atom stereocenters. The topological polar surface area (TPSA) is 106 Å². The van der Waals surface area contributed by atoms with Gasteiger partial charge in [0.25, 0.3) is 0 Å². The van der Waals surface area contributed by atoms with Gasteiger partial charge in [-0.3, -0.25) is 0 Å². The molecule has 1 fully saturated rings. The van der Waals surface area contributed by atoms with E-state index in [9.17, 15) is 4.79 Å². The van der Waals surface area contributed by atoms with Gasteiger partial charge in [-0.2, -0.15) is 0 Å². The van der Waals surface area contributed by atoms with Crippen LogP contribution in [0.15, 0.2) is 67.0 Å². The summed E-state index contributed by atoms with van der Waals surface area (Å²) in [4.78, 5) is 37.2. The first kappa shape index (κ1) is 23.5. The van der Waals surface area contributed by atoms with Gasteiger partial charge < -0.3 is 15.0 Å². The number of pyridine rings is 1. The van der Waals surface area contributed by atoms with Gasteiger partial charge in [0.15, 0.2) is 5.82 Å². The fourth-order valence-electron chi connectivity index (χ4n) is 4.11. The molecule has 9 heteroatoms. The van der Waals surface area contributed by atoms with E-state index in [-0.39, 0.29) is 12.1 Å². The number of nitrogens with one attached hydrogen (secondary N) is 1. The number of benzene rings is 1. The van der Waals surface area contributed by atoms with Gasteiger partial charge >= 0.3 is 5.97 Å². The van der Waals surface area contributed by atoms with Crippen LogP contribution in [0.25, 0.3) is 11.5 Å². The molecule has 0 aliphatic carbocycles. The van der Waals surface area contributed by atoms with Crippen LogP contribution in [0.1, 0.15) is 33.9 Å². The Bertz CT molecular complexity index is 1380. The smallest absolute Gasteiger partial charge is 0.338 e. The van der Waals surface area contributed by atoms with E-state index in [0.717, 1.165) is 30.8 Å². The van der Waals surface area contributed by atoms with E-state index in [0.29, 0.717) is 41.0 Å². The molecule has 0 amide bonds. The normalized spacial score (nSPS) is 15.6. The quantitative estimate of drug-likeness (QED) is 0.394. The Morgan fingerprint density at radius 2 is 1.83 bits per heavy atom. The van der Waals surface area contributed by atoms with Gasteiger partial charge in [-0.1, -0.05) is 18.2 Å². The minimum absolute atomic E-state index is 0.0544. The van der Waals surface area contributed by atoms with Gasteiger partial charge in [0.05, 0.1) is 5.56 Å². The van der Waals surface area contributed by atoms with E-state index in [1.807, 2.05) is 50.4 Å². The highest BCUT2D eigenvalue weighted by Crippen LogP contribution is 2.18. The van der Waals surface area contributed by atoms with Crippen molar-refractivity contribution in [3.63, 3.8) is 0 Å². The maximum atomic E-state index is 12.6. The fourth-order valence-corrected chi connectivity index (χ4v) is 4.11. The summed E-state index contributed by atoms with van der Waals surface area (Å²) in [6, 6.07) is 16.7. The van der Waals surface area contributed by atoms with Crippen LogP contribution in [-0.2, 0) is 11.2 Å². The summed E-state index contributed by atoms with van der Waals surface area (Å²) >= 11 is 0. The highest BCUT2D eigenvalue weighted by atomic mass is 16.5. The number of likely N-dealkylation sites (N-methyl/N-ethyl adjacent to an activating group) is 1. The Morgan fingerprint density at radius 3 is 2.64 bits per heavy atom. The number of rotatable bonds is 7. The van der Waals surface area contributed by atoms with Crippen LogP contribution in [0.4, 0.5) is 11.6 Å². The standard InChI is InChI=1S/C27H27N7O2/c1-18-5-3-8-22(30-18)26-29-13-10-24(33-26)31-23-9-12-28-25(32-23)16-19-6-4-7-20(15-19)27(35)36-21-11-14-34(2)17-21/h3-10,12-13,15,21H,11,14,16-17H2,1-2H3,(H,28,29,31,32,33)/t21-/m0/s1. The predicted octanol–water partition coefficient (Wildman–Crippen LogP) is 3.83. The molecule has 1 N–H and O–H groups in total. The molecule has 1 aliphatic heterocycles. The van der Waals surface area contributed by atoms with Crippen molar-refractivity contribution >= 4 is 17.6 Å².